The highest BCUT2D eigenvalue weighted by Gasteiger charge is 2.35. The van der Waals surface area contributed by atoms with Gasteiger partial charge in [0, 0.05) is 0 Å². The zero-order valence-corrected chi connectivity index (χ0v) is 17.2. The Kier molecular flexibility index (Phi) is 7.47. The zero-order chi connectivity index (χ0) is 20.7. The highest BCUT2D eigenvalue weighted by molar-refractivity contribution is 7.52. The molecule has 0 amide bonds. The Morgan fingerprint density at radius 2 is 1.79 bits per heavy atom. The fraction of sp³-hybridized carbons (Fsp3) is 0.263. The molecule has 0 aliphatic rings. The Balaban J connectivity index is 2.35. The van der Waals surface area contributed by atoms with Crippen LogP contribution in [0.4, 0.5) is 0 Å². The summed E-state index contributed by atoms with van der Waals surface area (Å²) < 4.78 is 29.6. The first-order chi connectivity index (χ1) is 13.2. The summed E-state index contributed by atoms with van der Waals surface area (Å²) in [5.41, 5.74) is 0.0728. The van der Waals surface area contributed by atoms with E-state index in [-0.39, 0.29) is 28.2 Å². The van der Waals surface area contributed by atoms with Crippen molar-refractivity contribution in [2.24, 2.45) is 0 Å². The number of para-hydroxylation sites is 2. The first kappa shape index (κ1) is 21.8. The van der Waals surface area contributed by atoms with Gasteiger partial charge in [-0.1, -0.05) is 35.9 Å². The maximum absolute atomic E-state index is 13.4. The van der Waals surface area contributed by atoms with Gasteiger partial charge in [-0.25, -0.2) is 4.57 Å². The van der Waals surface area contributed by atoms with Gasteiger partial charge in [0.05, 0.1) is 16.7 Å². The third-order valence-electron chi connectivity index (χ3n) is 3.32. The van der Waals surface area contributed by atoms with Crippen molar-refractivity contribution >= 4 is 25.3 Å². The second-order valence-electron chi connectivity index (χ2n) is 6.06. The molecule has 2 aromatic rings. The number of esters is 1. The summed E-state index contributed by atoms with van der Waals surface area (Å²) in [7, 11) is -4.17. The number of carbonyl (C=O) groups excluding carboxylic acids is 1. The minimum Gasteiger partial charge on any atom is -0.462 e. The molecule has 9 heteroatoms. The Hall–Kier alpha value is -2.52. The average molecular weight is 423 g/mol. The van der Waals surface area contributed by atoms with Crippen LogP contribution in [0.15, 0.2) is 48.5 Å². The molecule has 0 heterocycles. The number of ether oxygens (including phenoxy) is 1. The van der Waals surface area contributed by atoms with Gasteiger partial charge in [-0.05, 0) is 45.0 Å². The molecular weight excluding hydrogens is 403 g/mol. The van der Waals surface area contributed by atoms with Gasteiger partial charge in [-0.2, -0.15) is 10.3 Å². The summed E-state index contributed by atoms with van der Waals surface area (Å²) in [5.74, 6) is -0.494. The molecule has 2 atom stereocenters. The minimum atomic E-state index is -4.17. The molecule has 0 saturated heterocycles. The lowest BCUT2D eigenvalue weighted by molar-refractivity contribution is -0.149. The largest absolute Gasteiger partial charge is 0.513 e. The van der Waals surface area contributed by atoms with E-state index in [1.54, 1.807) is 50.2 Å². The molecule has 1 N–H and O–H groups in total. The smallest absolute Gasteiger partial charge is 0.462 e. The monoisotopic (exact) mass is 422 g/mol. The SMILES string of the molecule is CC(C)OC(=O)[C@H](C)NP(=O)(Oc1ccccc1)Oc1c(Cl)cccc1C#N. The lowest BCUT2D eigenvalue weighted by atomic mass is 10.2. The minimum absolute atomic E-state index is 0.0728. The lowest BCUT2D eigenvalue weighted by Crippen LogP contribution is -2.36. The fourth-order valence-electron chi connectivity index (χ4n) is 2.13. The predicted octanol–water partition coefficient (Wildman–Crippen LogP) is 4.71. The van der Waals surface area contributed by atoms with Crippen LogP contribution < -0.4 is 14.1 Å². The number of benzene rings is 2. The van der Waals surface area contributed by atoms with E-state index in [0.29, 0.717) is 0 Å². The summed E-state index contributed by atoms with van der Waals surface area (Å²) in [6.07, 6.45) is -0.346. The maximum atomic E-state index is 13.4. The van der Waals surface area contributed by atoms with Crippen molar-refractivity contribution in [1.82, 2.24) is 5.09 Å². The first-order valence-corrected chi connectivity index (χ1v) is 10.4. The molecule has 7 nitrogen and oxygen atoms in total. The normalized spacial score (nSPS) is 13.9. The van der Waals surface area contributed by atoms with Crippen LogP contribution in [-0.4, -0.2) is 18.1 Å². The molecule has 148 valence electrons. The summed E-state index contributed by atoms with van der Waals surface area (Å²) >= 11 is 6.11. The van der Waals surface area contributed by atoms with Gasteiger partial charge in [0.1, 0.15) is 17.9 Å². The molecule has 0 aromatic heterocycles. The molecule has 0 spiro atoms. The third kappa shape index (κ3) is 6.00. The molecule has 2 rings (SSSR count). The first-order valence-electron chi connectivity index (χ1n) is 8.45. The van der Waals surface area contributed by atoms with Crippen molar-refractivity contribution in [2.45, 2.75) is 32.9 Å². The van der Waals surface area contributed by atoms with Gasteiger partial charge in [-0.3, -0.25) is 4.79 Å². The number of nitrogens with zero attached hydrogens (tertiary/aromatic N) is 1. The topological polar surface area (TPSA) is 97.7 Å². The molecule has 0 fully saturated rings. The van der Waals surface area contributed by atoms with Crippen molar-refractivity contribution in [3.8, 4) is 17.6 Å². The van der Waals surface area contributed by atoms with E-state index in [0.717, 1.165) is 0 Å². The average Bonchev–Trinajstić information content (AvgIpc) is 2.63. The van der Waals surface area contributed by atoms with Crippen LogP contribution in [0.3, 0.4) is 0 Å². The number of nitrogens with one attached hydrogen (secondary N) is 1. The Labute approximate surface area is 168 Å². The van der Waals surface area contributed by atoms with Crippen molar-refractivity contribution in [2.75, 3.05) is 0 Å². The van der Waals surface area contributed by atoms with Crippen molar-refractivity contribution in [1.29, 1.82) is 5.26 Å². The van der Waals surface area contributed by atoms with Crippen LogP contribution in [0, 0.1) is 11.3 Å². The molecule has 0 saturated carbocycles. The van der Waals surface area contributed by atoms with E-state index in [4.69, 9.17) is 25.4 Å². The highest BCUT2D eigenvalue weighted by atomic mass is 35.5. The van der Waals surface area contributed by atoms with E-state index in [2.05, 4.69) is 5.09 Å². The van der Waals surface area contributed by atoms with Crippen molar-refractivity contribution < 1.29 is 23.1 Å². The Morgan fingerprint density at radius 1 is 1.11 bits per heavy atom. The summed E-state index contributed by atoms with van der Waals surface area (Å²) in [6.45, 7) is 4.86. The van der Waals surface area contributed by atoms with Crippen LogP contribution in [0.1, 0.15) is 26.3 Å². The zero-order valence-electron chi connectivity index (χ0n) is 15.6. The van der Waals surface area contributed by atoms with Gasteiger partial charge in [0.25, 0.3) is 0 Å². The number of nitriles is 1. The summed E-state index contributed by atoms with van der Waals surface area (Å²) in [5, 5.41) is 11.9. The number of hydrogen-bond acceptors (Lipinski definition) is 6. The second kappa shape index (κ2) is 9.61. The highest BCUT2D eigenvalue weighted by Crippen LogP contribution is 2.48. The van der Waals surface area contributed by atoms with Crippen LogP contribution >= 0.6 is 19.3 Å². The number of carbonyl (C=O) groups is 1. The van der Waals surface area contributed by atoms with Gasteiger partial charge < -0.3 is 13.8 Å². The van der Waals surface area contributed by atoms with Gasteiger partial charge in [0.15, 0.2) is 5.75 Å². The Morgan fingerprint density at radius 3 is 2.39 bits per heavy atom. The van der Waals surface area contributed by atoms with E-state index < -0.39 is 19.8 Å². The molecule has 0 aliphatic carbocycles. The van der Waals surface area contributed by atoms with E-state index in [9.17, 15) is 14.6 Å². The molecular formula is C19H20ClN2O5P. The quantitative estimate of drug-likeness (QED) is 0.486. The third-order valence-corrected chi connectivity index (χ3v) is 5.20. The van der Waals surface area contributed by atoms with Crippen LogP contribution in [0.5, 0.6) is 11.5 Å². The van der Waals surface area contributed by atoms with Crippen LogP contribution in [0.2, 0.25) is 5.02 Å². The van der Waals surface area contributed by atoms with Gasteiger partial charge in [0.2, 0.25) is 0 Å². The van der Waals surface area contributed by atoms with Gasteiger partial charge in [-0.15, -0.1) is 0 Å². The van der Waals surface area contributed by atoms with Gasteiger partial charge >= 0.3 is 13.7 Å². The number of halogens is 1. The molecule has 0 radical (unpaired) electrons. The standard InChI is InChI=1S/C19H20ClN2O5P/c1-13(2)25-19(23)14(3)22-28(24,26-16-9-5-4-6-10-16)27-18-15(12-21)8-7-11-17(18)20/h4-11,13-14H,1-3H3,(H,22,24)/t14-,28?/m0/s1. The lowest BCUT2D eigenvalue weighted by Gasteiger charge is -2.24. The Bertz CT molecular complexity index is 914. The molecule has 0 aliphatic heterocycles. The van der Waals surface area contributed by atoms with Crippen molar-refractivity contribution in [3.05, 3.63) is 59.1 Å². The van der Waals surface area contributed by atoms with E-state index in [1.165, 1.54) is 19.1 Å². The van der Waals surface area contributed by atoms with Crippen molar-refractivity contribution in [3.63, 3.8) is 0 Å². The summed E-state index contributed by atoms with van der Waals surface area (Å²) in [4.78, 5) is 12.1. The van der Waals surface area contributed by atoms with Crippen LogP contribution in [0.25, 0.3) is 0 Å². The van der Waals surface area contributed by atoms with E-state index in [1.807, 2.05) is 6.07 Å². The molecule has 0 bridgehead atoms. The predicted molar refractivity (Wildman–Crippen MR) is 105 cm³/mol. The second-order valence-corrected chi connectivity index (χ2v) is 8.08. The molecule has 2 aromatic carbocycles. The number of hydrogen-bond donors (Lipinski definition) is 1. The van der Waals surface area contributed by atoms with E-state index >= 15 is 0 Å². The maximum Gasteiger partial charge on any atom is 0.513 e. The number of rotatable bonds is 8. The van der Waals surface area contributed by atoms with Crippen LogP contribution in [-0.2, 0) is 14.1 Å². The fourth-order valence-corrected chi connectivity index (χ4v) is 3.95. The molecule has 1 unspecified atom stereocenters. The molecule has 28 heavy (non-hydrogen) atoms. The summed E-state index contributed by atoms with van der Waals surface area (Å²) in [6, 6.07) is 13.7.